The van der Waals surface area contributed by atoms with Gasteiger partial charge in [-0.05, 0) is 57.8 Å². The molecule has 29 heavy (non-hydrogen) atoms. The summed E-state index contributed by atoms with van der Waals surface area (Å²) in [7, 11) is 0. The maximum Gasteiger partial charge on any atom is 0.255 e. The highest BCUT2D eigenvalue weighted by Crippen LogP contribution is 2.32. The summed E-state index contributed by atoms with van der Waals surface area (Å²) in [5, 5.41) is 7.50. The maximum absolute atomic E-state index is 12.9. The third-order valence-corrected chi connectivity index (χ3v) is 6.40. The summed E-state index contributed by atoms with van der Waals surface area (Å²) in [5.74, 6) is 1.81. The van der Waals surface area contributed by atoms with E-state index in [1.54, 1.807) is 4.68 Å². The average Bonchev–Trinajstić information content (AvgIpc) is 3.33. The molecule has 1 saturated carbocycles. The van der Waals surface area contributed by atoms with Gasteiger partial charge in [0.1, 0.15) is 5.82 Å². The van der Waals surface area contributed by atoms with E-state index in [2.05, 4.69) is 27.3 Å². The number of nitrogens with zero attached hydrogens (tertiary/aromatic N) is 3. The van der Waals surface area contributed by atoms with Crippen LogP contribution < -0.4 is 10.9 Å². The van der Waals surface area contributed by atoms with E-state index in [4.69, 9.17) is 0 Å². The molecule has 156 valence electrons. The minimum absolute atomic E-state index is 0.0450. The second-order valence-electron chi connectivity index (χ2n) is 8.60. The van der Waals surface area contributed by atoms with Crippen molar-refractivity contribution in [2.24, 2.45) is 11.8 Å². The summed E-state index contributed by atoms with van der Waals surface area (Å²) in [6.07, 6.45) is 10.5. The van der Waals surface area contributed by atoms with E-state index in [-0.39, 0.29) is 17.4 Å². The van der Waals surface area contributed by atoms with Crippen LogP contribution in [0.25, 0.3) is 5.95 Å². The molecule has 2 heterocycles. The fourth-order valence-electron chi connectivity index (χ4n) is 4.71. The molecule has 0 atom stereocenters. The number of H-pyrrole nitrogens is 1. The van der Waals surface area contributed by atoms with Crippen molar-refractivity contribution in [3.63, 3.8) is 0 Å². The van der Waals surface area contributed by atoms with Crippen molar-refractivity contribution in [2.45, 2.75) is 78.1 Å². The minimum Gasteiger partial charge on any atom is -0.310 e. The van der Waals surface area contributed by atoms with Crippen LogP contribution in [0.15, 0.2) is 10.9 Å². The number of aryl methyl sites for hydroxylation is 2. The van der Waals surface area contributed by atoms with Gasteiger partial charge in [-0.3, -0.25) is 14.6 Å². The number of rotatable bonds is 6. The minimum atomic E-state index is -0.0988. The summed E-state index contributed by atoms with van der Waals surface area (Å²) in [6, 6.07) is 1.83. The standard InChI is InChI=1S/C22H31N5O2/c1-3-4-6-15-9-11-16(12-10-15)20(28)24-19-13-14(2)26-27(19)22-23-18-8-5-7-17(18)21(29)25-22/h13,15-16H,3-12H2,1-2H3,(H,24,28)(H,23,25,29). The molecule has 0 bridgehead atoms. The predicted molar refractivity (Wildman–Crippen MR) is 112 cm³/mol. The third kappa shape index (κ3) is 4.28. The van der Waals surface area contributed by atoms with E-state index in [9.17, 15) is 9.59 Å². The van der Waals surface area contributed by atoms with E-state index in [1.165, 1.54) is 19.3 Å². The van der Waals surface area contributed by atoms with Crippen molar-refractivity contribution in [1.29, 1.82) is 0 Å². The van der Waals surface area contributed by atoms with Crippen LogP contribution >= 0.6 is 0 Å². The van der Waals surface area contributed by atoms with Gasteiger partial charge < -0.3 is 5.32 Å². The first kappa shape index (κ1) is 19.9. The number of aromatic amines is 1. The monoisotopic (exact) mass is 397 g/mol. The number of amides is 1. The van der Waals surface area contributed by atoms with Crippen LogP contribution in [0.2, 0.25) is 0 Å². The molecule has 2 aliphatic rings. The molecule has 0 aliphatic heterocycles. The molecule has 1 amide bonds. The lowest BCUT2D eigenvalue weighted by Crippen LogP contribution is -2.28. The average molecular weight is 398 g/mol. The lowest BCUT2D eigenvalue weighted by Gasteiger charge is -2.27. The highest BCUT2D eigenvalue weighted by Gasteiger charge is 2.27. The van der Waals surface area contributed by atoms with E-state index >= 15 is 0 Å². The highest BCUT2D eigenvalue weighted by molar-refractivity contribution is 5.92. The zero-order chi connectivity index (χ0) is 20.4. The number of carbonyl (C=O) groups excluding carboxylic acids is 1. The maximum atomic E-state index is 12.9. The van der Waals surface area contributed by atoms with Crippen LogP contribution in [-0.4, -0.2) is 25.7 Å². The largest absolute Gasteiger partial charge is 0.310 e. The fraction of sp³-hybridized carbons (Fsp3) is 0.636. The molecule has 7 heteroatoms. The van der Waals surface area contributed by atoms with Gasteiger partial charge >= 0.3 is 0 Å². The Morgan fingerprint density at radius 2 is 2.07 bits per heavy atom. The third-order valence-electron chi connectivity index (χ3n) is 6.40. The van der Waals surface area contributed by atoms with Gasteiger partial charge in [0.15, 0.2) is 0 Å². The molecule has 2 aromatic heterocycles. The Balaban J connectivity index is 1.48. The normalized spacial score (nSPS) is 21.2. The van der Waals surface area contributed by atoms with Gasteiger partial charge in [0.25, 0.3) is 5.56 Å². The molecular formula is C22H31N5O2. The molecule has 1 fully saturated rings. The smallest absolute Gasteiger partial charge is 0.255 e. The molecule has 0 aromatic carbocycles. The molecule has 2 N–H and O–H groups in total. The Bertz CT molecular complexity index is 937. The van der Waals surface area contributed by atoms with Crippen LogP contribution in [0, 0.1) is 18.8 Å². The molecule has 0 saturated heterocycles. The van der Waals surface area contributed by atoms with Crippen molar-refractivity contribution in [3.8, 4) is 5.95 Å². The summed E-state index contributed by atoms with van der Waals surface area (Å²) in [6.45, 7) is 4.10. The molecule has 7 nitrogen and oxygen atoms in total. The lowest BCUT2D eigenvalue weighted by molar-refractivity contribution is -0.121. The van der Waals surface area contributed by atoms with Gasteiger partial charge in [0.2, 0.25) is 11.9 Å². The predicted octanol–water partition coefficient (Wildman–Crippen LogP) is 3.69. The quantitative estimate of drug-likeness (QED) is 0.777. The molecule has 2 aromatic rings. The molecule has 0 spiro atoms. The van der Waals surface area contributed by atoms with Crippen molar-refractivity contribution < 1.29 is 4.79 Å². The van der Waals surface area contributed by atoms with Gasteiger partial charge in [-0.2, -0.15) is 9.78 Å². The fourth-order valence-corrected chi connectivity index (χ4v) is 4.71. The van der Waals surface area contributed by atoms with Gasteiger partial charge in [-0.15, -0.1) is 0 Å². The number of hydrogen-bond acceptors (Lipinski definition) is 4. The molecule has 4 rings (SSSR count). The van der Waals surface area contributed by atoms with Crippen molar-refractivity contribution in [1.82, 2.24) is 19.7 Å². The zero-order valence-electron chi connectivity index (χ0n) is 17.5. The van der Waals surface area contributed by atoms with Crippen LogP contribution in [-0.2, 0) is 17.6 Å². The first-order chi connectivity index (χ1) is 14.0. The van der Waals surface area contributed by atoms with Gasteiger partial charge in [-0.1, -0.05) is 26.2 Å². The lowest BCUT2D eigenvalue weighted by atomic mass is 9.79. The number of aromatic nitrogens is 4. The Kier molecular flexibility index (Phi) is 5.83. The molecule has 2 aliphatic carbocycles. The first-order valence-electron chi connectivity index (χ1n) is 11.0. The van der Waals surface area contributed by atoms with Crippen LogP contribution in [0.4, 0.5) is 5.82 Å². The Morgan fingerprint density at radius 1 is 1.28 bits per heavy atom. The zero-order valence-corrected chi connectivity index (χ0v) is 17.5. The van der Waals surface area contributed by atoms with Crippen LogP contribution in [0.1, 0.15) is 75.2 Å². The SMILES string of the molecule is CCCCC1CCC(C(=O)Nc2cc(C)nn2-c2nc3c(c(=O)[nH]2)CCC3)CC1. The van der Waals surface area contributed by atoms with E-state index in [0.29, 0.717) is 11.8 Å². The topological polar surface area (TPSA) is 92.7 Å². The number of nitrogens with one attached hydrogen (secondary N) is 2. The van der Waals surface area contributed by atoms with E-state index in [0.717, 1.165) is 67.8 Å². The molecule has 0 unspecified atom stereocenters. The summed E-state index contributed by atoms with van der Waals surface area (Å²) < 4.78 is 1.56. The number of carbonyl (C=O) groups is 1. The highest BCUT2D eigenvalue weighted by atomic mass is 16.2. The summed E-state index contributed by atoms with van der Waals surface area (Å²) in [4.78, 5) is 32.7. The number of hydrogen-bond donors (Lipinski definition) is 2. The Hall–Kier alpha value is -2.44. The van der Waals surface area contributed by atoms with E-state index in [1.807, 2.05) is 13.0 Å². The molecule has 0 radical (unpaired) electrons. The number of anilines is 1. The van der Waals surface area contributed by atoms with Crippen molar-refractivity contribution in [3.05, 3.63) is 33.4 Å². The second-order valence-corrected chi connectivity index (χ2v) is 8.60. The van der Waals surface area contributed by atoms with Crippen LogP contribution in [0.3, 0.4) is 0 Å². The number of unbranched alkanes of at least 4 members (excludes halogenated alkanes) is 1. The van der Waals surface area contributed by atoms with Crippen molar-refractivity contribution in [2.75, 3.05) is 5.32 Å². The van der Waals surface area contributed by atoms with Gasteiger partial charge in [0.05, 0.1) is 11.4 Å². The number of fused-ring (bicyclic) bond motifs is 1. The van der Waals surface area contributed by atoms with Gasteiger partial charge in [-0.25, -0.2) is 4.98 Å². The summed E-state index contributed by atoms with van der Waals surface area (Å²) in [5.41, 5.74) is 2.30. The van der Waals surface area contributed by atoms with Crippen molar-refractivity contribution >= 4 is 11.7 Å². The van der Waals surface area contributed by atoms with Crippen LogP contribution in [0.5, 0.6) is 0 Å². The van der Waals surface area contributed by atoms with E-state index < -0.39 is 0 Å². The van der Waals surface area contributed by atoms with Gasteiger partial charge in [0, 0.05) is 17.5 Å². The first-order valence-corrected chi connectivity index (χ1v) is 11.0. The molecular weight excluding hydrogens is 366 g/mol. The summed E-state index contributed by atoms with van der Waals surface area (Å²) >= 11 is 0. The Morgan fingerprint density at radius 3 is 2.83 bits per heavy atom. The Labute approximate surface area is 171 Å². The second kappa shape index (κ2) is 8.51.